The van der Waals surface area contributed by atoms with Gasteiger partial charge in [0.25, 0.3) is 0 Å². The third-order valence-electron chi connectivity index (χ3n) is 4.04. The van der Waals surface area contributed by atoms with Crippen LogP contribution in [0.3, 0.4) is 0 Å². The van der Waals surface area contributed by atoms with Crippen molar-refractivity contribution in [2.75, 3.05) is 26.7 Å². The van der Waals surface area contributed by atoms with Crippen LogP contribution in [0.5, 0.6) is 5.75 Å². The fraction of sp³-hybridized carbons (Fsp3) is 0.444. The molecule has 2 aromatic rings. The second-order valence-electron chi connectivity index (χ2n) is 6.67. The second kappa shape index (κ2) is 8.36. The fourth-order valence-electron chi connectivity index (χ4n) is 2.67. The number of sulfonamides is 1. The number of fused-ring (bicyclic) bond motifs is 1. The normalized spacial score (nSPS) is 12.2. The van der Waals surface area contributed by atoms with Crippen molar-refractivity contribution >= 4 is 33.2 Å². The largest absolute Gasteiger partial charge is 0.493 e. The summed E-state index contributed by atoms with van der Waals surface area (Å²) in [5, 5.41) is 1.47. The van der Waals surface area contributed by atoms with Crippen LogP contribution in [0.15, 0.2) is 41.3 Å². The maximum absolute atomic E-state index is 13.1. The van der Waals surface area contributed by atoms with E-state index in [0.717, 1.165) is 5.39 Å². The van der Waals surface area contributed by atoms with Gasteiger partial charge < -0.3 is 10.5 Å². The number of hydrogen-bond acceptors (Lipinski definition) is 4. The van der Waals surface area contributed by atoms with Gasteiger partial charge in [-0.15, -0.1) is 12.4 Å². The lowest BCUT2D eigenvalue weighted by Crippen LogP contribution is -2.39. The van der Waals surface area contributed by atoms with Gasteiger partial charge in [0.05, 0.1) is 11.5 Å². The average Bonchev–Trinajstić information content (AvgIpc) is 2.54. The van der Waals surface area contributed by atoms with Crippen molar-refractivity contribution in [2.24, 2.45) is 11.1 Å². The minimum Gasteiger partial charge on any atom is -0.493 e. The molecule has 0 saturated carbocycles. The summed E-state index contributed by atoms with van der Waals surface area (Å²) in [5.74, 6) is 0.692. The Balaban J connectivity index is 0.00000312. The minimum absolute atomic E-state index is 0. The number of halogens is 1. The van der Waals surface area contributed by atoms with Gasteiger partial charge in [-0.2, -0.15) is 0 Å². The Morgan fingerprint density at radius 1 is 1.12 bits per heavy atom. The van der Waals surface area contributed by atoms with E-state index in [1.54, 1.807) is 19.2 Å². The van der Waals surface area contributed by atoms with Crippen LogP contribution in [-0.4, -0.2) is 39.5 Å². The molecule has 0 aliphatic rings. The zero-order valence-corrected chi connectivity index (χ0v) is 16.8. The van der Waals surface area contributed by atoms with E-state index in [2.05, 4.69) is 0 Å². The highest BCUT2D eigenvalue weighted by molar-refractivity contribution is 7.89. The maximum atomic E-state index is 13.1. The summed E-state index contributed by atoms with van der Waals surface area (Å²) in [7, 11) is -2.02. The van der Waals surface area contributed by atoms with Gasteiger partial charge in [0.1, 0.15) is 5.75 Å². The van der Waals surface area contributed by atoms with Crippen LogP contribution in [-0.2, 0) is 10.0 Å². The van der Waals surface area contributed by atoms with E-state index >= 15 is 0 Å². The van der Waals surface area contributed by atoms with Gasteiger partial charge in [-0.1, -0.05) is 38.1 Å². The molecule has 5 nitrogen and oxygen atoms in total. The topological polar surface area (TPSA) is 72.6 Å². The van der Waals surface area contributed by atoms with Crippen molar-refractivity contribution in [3.8, 4) is 5.75 Å². The van der Waals surface area contributed by atoms with Gasteiger partial charge in [0.15, 0.2) is 0 Å². The van der Waals surface area contributed by atoms with E-state index in [0.29, 0.717) is 30.8 Å². The highest BCUT2D eigenvalue weighted by Gasteiger charge is 2.28. The number of rotatable bonds is 7. The Bertz CT molecular complexity index is 822. The molecular formula is C18H27ClN2O3S. The van der Waals surface area contributed by atoms with Gasteiger partial charge in [-0.05, 0) is 31.0 Å². The second-order valence-corrected chi connectivity index (χ2v) is 8.68. The Kier molecular flexibility index (Phi) is 7.26. The molecule has 0 bridgehead atoms. The van der Waals surface area contributed by atoms with E-state index in [1.807, 2.05) is 45.0 Å². The van der Waals surface area contributed by atoms with Crippen LogP contribution < -0.4 is 10.5 Å². The first-order valence-corrected chi connectivity index (χ1v) is 9.48. The molecule has 0 amide bonds. The highest BCUT2D eigenvalue weighted by atomic mass is 35.5. The van der Waals surface area contributed by atoms with Gasteiger partial charge in [-0.25, -0.2) is 12.7 Å². The van der Waals surface area contributed by atoms with E-state index in [-0.39, 0.29) is 22.7 Å². The first-order chi connectivity index (χ1) is 11.2. The summed E-state index contributed by atoms with van der Waals surface area (Å²) < 4.78 is 33.1. The Hall–Kier alpha value is -1.34. The number of nitrogens with zero attached hydrogens (tertiary/aromatic N) is 1. The molecule has 0 atom stereocenters. The third-order valence-corrected chi connectivity index (χ3v) is 5.90. The number of hydrogen-bond donors (Lipinski definition) is 1. The maximum Gasteiger partial charge on any atom is 0.243 e. The first-order valence-electron chi connectivity index (χ1n) is 8.04. The molecule has 0 radical (unpaired) electrons. The molecule has 2 rings (SSSR count). The Labute approximate surface area is 156 Å². The Morgan fingerprint density at radius 2 is 1.72 bits per heavy atom. The fourth-order valence-corrected chi connectivity index (χ4v) is 4.22. The molecule has 25 heavy (non-hydrogen) atoms. The summed E-state index contributed by atoms with van der Waals surface area (Å²) >= 11 is 0. The summed E-state index contributed by atoms with van der Waals surface area (Å²) in [5.41, 5.74) is 5.45. The average molecular weight is 387 g/mol. The lowest BCUT2D eigenvalue weighted by molar-refractivity contribution is 0.292. The predicted octanol–water partition coefficient (Wildman–Crippen LogP) is 3.27. The molecule has 140 valence electrons. The van der Waals surface area contributed by atoms with Crippen molar-refractivity contribution in [2.45, 2.75) is 25.7 Å². The van der Waals surface area contributed by atoms with Crippen molar-refractivity contribution < 1.29 is 13.2 Å². The van der Waals surface area contributed by atoms with Crippen molar-refractivity contribution in [1.29, 1.82) is 0 Å². The quantitative estimate of drug-likeness (QED) is 0.792. The van der Waals surface area contributed by atoms with E-state index < -0.39 is 10.0 Å². The highest BCUT2D eigenvalue weighted by Crippen LogP contribution is 2.33. The van der Waals surface area contributed by atoms with Crippen LogP contribution in [0.25, 0.3) is 10.8 Å². The molecule has 0 aliphatic heterocycles. The van der Waals surface area contributed by atoms with E-state index in [9.17, 15) is 8.42 Å². The van der Waals surface area contributed by atoms with E-state index in [1.165, 1.54) is 4.31 Å². The van der Waals surface area contributed by atoms with Gasteiger partial charge in [0, 0.05) is 24.4 Å². The van der Waals surface area contributed by atoms with Crippen LogP contribution >= 0.6 is 12.4 Å². The van der Waals surface area contributed by atoms with Gasteiger partial charge >= 0.3 is 0 Å². The number of ether oxygens (including phenoxy) is 1. The van der Waals surface area contributed by atoms with Crippen molar-refractivity contribution in [3.05, 3.63) is 36.4 Å². The minimum atomic E-state index is -3.62. The lowest BCUT2D eigenvalue weighted by atomic mass is 9.94. The van der Waals surface area contributed by atoms with Crippen LogP contribution in [0.1, 0.15) is 20.8 Å². The molecule has 0 aliphatic carbocycles. The molecule has 7 heteroatoms. The van der Waals surface area contributed by atoms with Crippen molar-refractivity contribution in [1.82, 2.24) is 4.31 Å². The molecule has 2 N–H and O–H groups in total. The smallest absolute Gasteiger partial charge is 0.243 e. The molecule has 2 aromatic carbocycles. The number of benzene rings is 2. The zero-order chi connectivity index (χ0) is 18.0. The van der Waals surface area contributed by atoms with Gasteiger partial charge in [-0.3, -0.25) is 0 Å². The summed E-state index contributed by atoms with van der Waals surface area (Å²) in [6.07, 6.45) is 0. The molecule has 0 fully saturated rings. The first kappa shape index (κ1) is 21.7. The molecule has 0 unspecified atom stereocenters. The lowest BCUT2D eigenvalue weighted by Gasteiger charge is -2.28. The molecule has 0 saturated heterocycles. The van der Waals surface area contributed by atoms with Crippen LogP contribution in [0.2, 0.25) is 0 Å². The van der Waals surface area contributed by atoms with Crippen molar-refractivity contribution in [3.63, 3.8) is 0 Å². The molecular weight excluding hydrogens is 360 g/mol. The summed E-state index contributed by atoms with van der Waals surface area (Å²) in [4.78, 5) is 0.289. The molecule has 0 heterocycles. The third kappa shape index (κ3) is 4.64. The summed E-state index contributed by atoms with van der Waals surface area (Å²) in [6, 6.07) is 10.7. The molecule has 0 spiro atoms. The van der Waals surface area contributed by atoms with Gasteiger partial charge in [0.2, 0.25) is 10.0 Å². The van der Waals surface area contributed by atoms with Crippen LogP contribution in [0.4, 0.5) is 0 Å². The number of nitrogens with two attached hydrogens (primary N) is 1. The van der Waals surface area contributed by atoms with E-state index in [4.69, 9.17) is 10.5 Å². The zero-order valence-electron chi connectivity index (χ0n) is 15.2. The monoisotopic (exact) mass is 386 g/mol. The molecule has 0 aromatic heterocycles. The van der Waals surface area contributed by atoms with Crippen LogP contribution in [0, 0.1) is 5.41 Å². The standard InChI is InChI=1S/C18H26N2O3S.ClH/c1-5-23-16-10-11-17(15-9-7-6-8-14(15)16)24(21,22)20(4)13-18(2,3)12-19;/h6-11H,5,12-13,19H2,1-4H3;1H. The SMILES string of the molecule is CCOc1ccc(S(=O)(=O)N(C)CC(C)(C)CN)c2ccccc12.Cl. The summed E-state index contributed by atoms with van der Waals surface area (Å²) in [6.45, 7) is 7.11. The Morgan fingerprint density at radius 3 is 2.28 bits per heavy atom. The predicted molar refractivity (Wildman–Crippen MR) is 105 cm³/mol.